The van der Waals surface area contributed by atoms with E-state index in [2.05, 4.69) is 52.4 Å². The molecule has 1 saturated carbocycles. The molecule has 1 aromatic carbocycles. The monoisotopic (exact) mass is 303 g/mol. The Morgan fingerprint density at radius 1 is 1.31 bits per heavy atom. The molecule has 1 aliphatic rings. The Balaban J connectivity index is 0.00000128. The Bertz CT molecular complexity index is 336. The lowest BCUT2D eigenvalue weighted by Crippen LogP contribution is -2.37. The van der Waals surface area contributed by atoms with Crippen molar-refractivity contribution < 1.29 is 0 Å². The molecule has 1 fully saturated rings. The molecule has 16 heavy (non-hydrogen) atoms. The van der Waals surface area contributed by atoms with Gasteiger partial charge in [0.25, 0.3) is 0 Å². The molecule has 1 nitrogen and oxygen atoms in total. The van der Waals surface area contributed by atoms with Crippen molar-refractivity contribution in [1.82, 2.24) is 5.32 Å². The predicted molar refractivity (Wildman–Crippen MR) is 75.1 cm³/mol. The van der Waals surface area contributed by atoms with Crippen LogP contribution in [0.2, 0.25) is 0 Å². The quantitative estimate of drug-likeness (QED) is 0.881. The summed E-state index contributed by atoms with van der Waals surface area (Å²) in [5, 5.41) is 3.55. The van der Waals surface area contributed by atoms with E-state index in [0.717, 1.165) is 13.1 Å². The predicted octanol–water partition coefficient (Wildman–Crippen LogP) is 4.15. The average Bonchev–Trinajstić information content (AvgIpc) is 2.18. The minimum absolute atomic E-state index is 0. The van der Waals surface area contributed by atoms with E-state index < -0.39 is 0 Å². The van der Waals surface area contributed by atoms with E-state index >= 15 is 0 Å². The van der Waals surface area contributed by atoms with Crippen LogP contribution in [0, 0.1) is 5.41 Å². The fraction of sp³-hybridized carbons (Fsp3) is 0.538. The molecular formula is C13H19BrClN. The Hall–Kier alpha value is -0.0500. The highest BCUT2D eigenvalue weighted by Gasteiger charge is 2.30. The Morgan fingerprint density at radius 3 is 2.56 bits per heavy atom. The van der Waals surface area contributed by atoms with Crippen molar-refractivity contribution in [2.45, 2.75) is 32.7 Å². The van der Waals surface area contributed by atoms with Crippen molar-refractivity contribution in [1.29, 1.82) is 0 Å². The standard InChI is InChI=1S/C13H18BrN.ClH/c1-13(7-4-8-13)10-15-9-11-5-2-3-6-12(11)14;/h2-3,5-6,15H,4,7-10H2,1H3;1H. The molecule has 0 bridgehead atoms. The summed E-state index contributed by atoms with van der Waals surface area (Å²) in [6, 6.07) is 8.41. The van der Waals surface area contributed by atoms with Gasteiger partial charge in [0.2, 0.25) is 0 Å². The number of rotatable bonds is 4. The SMILES string of the molecule is CC1(CNCc2ccccc2Br)CCC1.Cl. The van der Waals surface area contributed by atoms with Crippen molar-refractivity contribution >= 4 is 28.3 Å². The molecule has 0 amide bonds. The van der Waals surface area contributed by atoms with Crippen LogP contribution in [0.1, 0.15) is 31.7 Å². The molecule has 0 radical (unpaired) electrons. The van der Waals surface area contributed by atoms with E-state index in [1.807, 2.05) is 0 Å². The molecule has 0 atom stereocenters. The van der Waals surface area contributed by atoms with Gasteiger partial charge in [-0.3, -0.25) is 0 Å². The van der Waals surface area contributed by atoms with Gasteiger partial charge in [-0.25, -0.2) is 0 Å². The summed E-state index contributed by atoms with van der Waals surface area (Å²) in [5.74, 6) is 0. The van der Waals surface area contributed by atoms with E-state index in [-0.39, 0.29) is 12.4 Å². The first-order valence-electron chi connectivity index (χ1n) is 5.64. The van der Waals surface area contributed by atoms with Crippen LogP contribution in [0.15, 0.2) is 28.7 Å². The third-order valence-corrected chi connectivity index (χ3v) is 4.16. The van der Waals surface area contributed by atoms with Crippen molar-refractivity contribution in [2.24, 2.45) is 5.41 Å². The van der Waals surface area contributed by atoms with Crippen LogP contribution in [0.5, 0.6) is 0 Å². The fourth-order valence-corrected chi connectivity index (χ4v) is 2.52. The van der Waals surface area contributed by atoms with Crippen LogP contribution in [0.3, 0.4) is 0 Å². The highest BCUT2D eigenvalue weighted by molar-refractivity contribution is 9.10. The number of hydrogen-bond acceptors (Lipinski definition) is 1. The number of benzene rings is 1. The van der Waals surface area contributed by atoms with Gasteiger partial charge in [-0.1, -0.05) is 47.5 Å². The first-order valence-corrected chi connectivity index (χ1v) is 6.43. The van der Waals surface area contributed by atoms with Crippen molar-refractivity contribution in [2.75, 3.05) is 6.54 Å². The molecule has 1 aromatic rings. The van der Waals surface area contributed by atoms with E-state index in [1.165, 1.54) is 29.3 Å². The van der Waals surface area contributed by atoms with E-state index in [0.29, 0.717) is 5.41 Å². The molecule has 0 saturated heterocycles. The maximum atomic E-state index is 3.57. The normalized spacial score (nSPS) is 17.4. The summed E-state index contributed by atoms with van der Waals surface area (Å²) in [5.41, 5.74) is 1.92. The molecule has 0 unspecified atom stereocenters. The van der Waals surface area contributed by atoms with Crippen LogP contribution in [-0.2, 0) is 6.54 Å². The molecule has 3 heteroatoms. The van der Waals surface area contributed by atoms with Gasteiger partial charge in [-0.2, -0.15) is 0 Å². The molecule has 0 heterocycles. The van der Waals surface area contributed by atoms with Crippen LogP contribution in [0.25, 0.3) is 0 Å². The first-order chi connectivity index (χ1) is 7.20. The summed E-state index contributed by atoms with van der Waals surface area (Å²) in [7, 11) is 0. The average molecular weight is 305 g/mol. The first kappa shape index (κ1) is 14.0. The number of nitrogens with one attached hydrogen (secondary N) is 1. The molecule has 90 valence electrons. The second kappa shape index (κ2) is 6.04. The fourth-order valence-electron chi connectivity index (χ4n) is 2.10. The molecule has 0 spiro atoms. The van der Waals surface area contributed by atoms with Crippen molar-refractivity contribution in [3.63, 3.8) is 0 Å². The lowest BCUT2D eigenvalue weighted by atomic mass is 9.70. The van der Waals surface area contributed by atoms with Crippen LogP contribution in [0.4, 0.5) is 0 Å². The highest BCUT2D eigenvalue weighted by Crippen LogP contribution is 2.39. The topological polar surface area (TPSA) is 12.0 Å². The molecular weight excluding hydrogens is 286 g/mol. The molecule has 1 N–H and O–H groups in total. The summed E-state index contributed by atoms with van der Waals surface area (Å²) in [6.07, 6.45) is 4.18. The van der Waals surface area contributed by atoms with E-state index in [1.54, 1.807) is 0 Å². The van der Waals surface area contributed by atoms with Gasteiger partial charge >= 0.3 is 0 Å². The van der Waals surface area contributed by atoms with Gasteiger partial charge < -0.3 is 5.32 Å². The Labute approximate surface area is 113 Å². The summed E-state index contributed by atoms with van der Waals surface area (Å²) >= 11 is 3.57. The highest BCUT2D eigenvalue weighted by atomic mass is 79.9. The van der Waals surface area contributed by atoms with Gasteiger partial charge in [0, 0.05) is 17.6 Å². The largest absolute Gasteiger partial charge is 0.312 e. The van der Waals surface area contributed by atoms with Gasteiger partial charge in [-0.15, -0.1) is 12.4 Å². The smallest absolute Gasteiger partial charge is 0.0220 e. The third kappa shape index (κ3) is 3.47. The zero-order chi connectivity index (χ0) is 10.7. The van der Waals surface area contributed by atoms with Crippen LogP contribution >= 0.6 is 28.3 Å². The number of halogens is 2. The van der Waals surface area contributed by atoms with Crippen LogP contribution in [-0.4, -0.2) is 6.54 Å². The second-order valence-electron chi connectivity index (χ2n) is 4.86. The van der Waals surface area contributed by atoms with Crippen molar-refractivity contribution in [3.8, 4) is 0 Å². The lowest BCUT2D eigenvalue weighted by Gasteiger charge is -2.38. The summed E-state index contributed by atoms with van der Waals surface area (Å²) < 4.78 is 1.20. The lowest BCUT2D eigenvalue weighted by molar-refractivity contribution is 0.156. The van der Waals surface area contributed by atoms with Gasteiger partial charge in [-0.05, 0) is 29.9 Å². The van der Waals surface area contributed by atoms with Crippen LogP contribution < -0.4 is 5.32 Å². The van der Waals surface area contributed by atoms with E-state index in [9.17, 15) is 0 Å². The van der Waals surface area contributed by atoms with Gasteiger partial charge in [0.15, 0.2) is 0 Å². The molecule has 1 aliphatic carbocycles. The summed E-state index contributed by atoms with van der Waals surface area (Å²) in [6.45, 7) is 4.49. The van der Waals surface area contributed by atoms with E-state index in [4.69, 9.17) is 0 Å². The van der Waals surface area contributed by atoms with Crippen molar-refractivity contribution in [3.05, 3.63) is 34.3 Å². The molecule has 0 aromatic heterocycles. The number of hydrogen-bond donors (Lipinski definition) is 1. The van der Waals surface area contributed by atoms with Gasteiger partial charge in [0.1, 0.15) is 0 Å². The van der Waals surface area contributed by atoms with Gasteiger partial charge in [0.05, 0.1) is 0 Å². The Kier molecular flexibility index (Phi) is 5.29. The maximum Gasteiger partial charge on any atom is 0.0220 e. The summed E-state index contributed by atoms with van der Waals surface area (Å²) in [4.78, 5) is 0. The zero-order valence-corrected chi connectivity index (χ0v) is 12.0. The minimum atomic E-state index is 0. The third-order valence-electron chi connectivity index (χ3n) is 3.39. The second-order valence-corrected chi connectivity index (χ2v) is 5.71. The maximum absolute atomic E-state index is 3.57. The zero-order valence-electron chi connectivity index (χ0n) is 9.63. The molecule has 0 aliphatic heterocycles. The molecule has 2 rings (SSSR count). The Morgan fingerprint density at radius 2 is 2.00 bits per heavy atom. The minimum Gasteiger partial charge on any atom is -0.312 e.